The molecule has 1 aliphatic heterocycles. The maximum absolute atomic E-state index is 12.3. The zero-order valence-corrected chi connectivity index (χ0v) is 14.2. The molecule has 1 aromatic heterocycles. The molecule has 0 saturated carbocycles. The predicted molar refractivity (Wildman–Crippen MR) is 92.5 cm³/mol. The first-order valence-corrected chi connectivity index (χ1v) is 8.57. The number of nitrogens with one attached hydrogen (secondary N) is 3. The number of primary amides is 1. The van der Waals surface area contributed by atoms with E-state index in [4.69, 9.17) is 17.3 Å². The molecule has 3 rings (SSSR count). The third-order valence-electron chi connectivity index (χ3n) is 3.61. The summed E-state index contributed by atoms with van der Waals surface area (Å²) in [4.78, 5) is 27.4. The van der Waals surface area contributed by atoms with Crippen LogP contribution in [-0.2, 0) is 16.0 Å². The van der Waals surface area contributed by atoms with E-state index in [-0.39, 0.29) is 18.4 Å². The number of anilines is 1. The summed E-state index contributed by atoms with van der Waals surface area (Å²) in [5.74, 6) is -0.642. The Labute approximate surface area is 147 Å². The standard InChI is InChI=1S/C15H16ClN5O2S/c16-9-3-1-2-8(4-9)11-6-12(21-20-11)14(23)19-15-18-10(7-24-15)5-13(17)22/h1-4,7,11-12,20-21H,5-6H2,(H2,17,22)(H,18,19,23). The number of hydrogen-bond acceptors (Lipinski definition) is 6. The molecular weight excluding hydrogens is 350 g/mol. The number of benzene rings is 1. The molecule has 0 spiro atoms. The van der Waals surface area contributed by atoms with Crippen LogP contribution in [0.2, 0.25) is 5.02 Å². The average molecular weight is 366 g/mol. The number of nitrogens with two attached hydrogens (primary N) is 1. The number of halogens is 1. The molecule has 1 fully saturated rings. The minimum atomic E-state index is -0.454. The zero-order chi connectivity index (χ0) is 17.1. The summed E-state index contributed by atoms with van der Waals surface area (Å²) in [7, 11) is 0. The number of carbonyl (C=O) groups is 2. The van der Waals surface area contributed by atoms with Gasteiger partial charge in [-0.1, -0.05) is 23.7 Å². The van der Waals surface area contributed by atoms with Gasteiger partial charge in [0.25, 0.3) is 0 Å². The number of aromatic nitrogens is 1. The van der Waals surface area contributed by atoms with Crippen LogP contribution in [0.3, 0.4) is 0 Å². The summed E-state index contributed by atoms with van der Waals surface area (Å²) in [6.45, 7) is 0. The molecule has 2 unspecified atom stereocenters. The topological polar surface area (TPSA) is 109 Å². The third kappa shape index (κ3) is 4.09. The Bertz CT molecular complexity index is 766. The van der Waals surface area contributed by atoms with Crippen LogP contribution in [0.25, 0.3) is 0 Å². The lowest BCUT2D eigenvalue weighted by Crippen LogP contribution is -2.39. The zero-order valence-electron chi connectivity index (χ0n) is 12.6. The van der Waals surface area contributed by atoms with Crippen molar-refractivity contribution in [2.24, 2.45) is 5.73 Å². The van der Waals surface area contributed by atoms with Crippen LogP contribution in [0.1, 0.15) is 23.7 Å². The molecule has 1 aromatic carbocycles. The van der Waals surface area contributed by atoms with Crippen molar-refractivity contribution in [3.05, 3.63) is 45.9 Å². The Morgan fingerprint density at radius 3 is 3.00 bits per heavy atom. The van der Waals surface area contributed by atoms with E-state index in [1.165, 1.54) is 11.3 Å². The van der Waals surface area contributed by atoms with Crippen LogP contribution in [0, 0.1) is 0 Å². The van der Waals surface area contributed by atoms with Gasteiger partial charge in [-0.05, 0) is 24.1 Å². The van der Waals surface area contributed by atoms with Gasteiger partial charge in [0.05, 0.1) is 12.1 Å². The number of thiazole rings is 1. The van der Waals surface area contributed by atoms with Crippen molar-refractivity contribution in [1.29, 1.82) is 0 Å². The first kappa shape index (κ1) is 16.8. The summed E-state index contributed by atoms with van der Waals surface area (Å²) >= 11 is 7.26. The number of nitrogens with zero attached hydrogens (tertiary/aromatic N) is 1. The first-order chi connectivity index (χ1) is 11.5. The van der Waals surface area contributed by atoms with Gasteiger partial charge in [-0.15, -0.1) is 11.3 Å². The fraction of sp³-hybridized carbons (Fsp3) is 0.267. The normalized spacial score (nSPS) is 20.0. The second-order valence-electron chi connectivity index (χ2n) is 5.46. The highest BCUT2D eigenvalue weighted by atomic mass is 35.5. The minimum Gasteiger partial charge on any atom is -0.369 e. The molecule has 0 aliphatic carbocycles. The number of amides is 2. The van der Waals surface area contributed by atoms with Crippen molar-refractivity contribution < 1.29 is 9.59 Å². The molecule has 126 valence electrons. The fourth-order valence-electron chi connectivity index (χ4n) is 2.49. The number of rotatable bonds is 5. The fourth-order valence-corrected chi connectivity index (χ4v) is 3.40. The number of hydrogen-bond donors (Lipinski definition) is 4. The molecule has 2 aromatic rings. The highest BCUT2D eigenvalue weighted by Gasteiger charge is 2.30. The molecule has 0 bridgehead atoms. The summed E-state index contributed by atoms with van der Waals surface area (Å²) in [6.07, 6.45) is 0.651. The Morgan fingerprint density at radius 2 is 2.25 bits per heavy atom. The average Bonchev–Trinajstić information content (AvgIpc) is 3.16. The predicted octanol–water partition coefficient (Wildman–Crippen LogP) is 1.37. The third-order valence-corrected chi connectivity index (χ3v) is 4.65. The van der Waals surface area contributed by atoms with Gasteiger partial charge in [0.2, 0.25) is 11.8 Å². The van der Waals surface area contributed by atoms with Crippen molar-refractivity contribution in [3.8, 4) is 0 Å². The van der Waals surface area contributed by atoms with Gasteiger partial charge in [0.15, 0.2) is 5.13 Å². The van der Waals surface area contributed by atoms with Crippen molar-refractivity contribution in [1.82, 2.24) is 15.8 Å². The molecular formula is C15H16ClN5O2S. The largest absolute Gasteiger partial charge is 0.369 e. The molecule has 1 aliphatic rings. The maximum Gasteiger partial charge on any atom is 0.244 e. The van der Waals surface area contributed by atoms with E-state index < -0.39 is 11.9 Å². The summed E-state index contributed by atoms with van der Waals surface area (Å²) in [5, 5.41) is 5.56. The summed E-state index contributed by atoms with van der Waals surface area (Å²) in [5.41, 5.74) is 12.8. The lowest BCUT2D eigenvalue weighted by atomic mass is 10.0. The highest BCUT2D eigenvalue weighted by molar-refractivity contribution is 7.13. The van der Waals surface area contributed by atoms with Crippen molar-refractivity contribution >= 4 is 39.9 Å². The monoisotopic (exact) mass is 365 g/mol. The van der Waals surface area contributed by atoms with Crippen LogP contribution in [0.5, 0.6) is 0 Å². The van der Waals surface area contributed by atoms with E-state index in [1.807, 2.05) is 24.3 Å². The molecule has 1 saturated heterocycles. The van der Waals surface area contributed by atoms with Gasteiger partial charge in [-0.2, -0.15) is 0 Å². The molecule has 9 heteroatoms. The van der Waals surface area contributed by atoms with E-state index >= 15 is 0 Å². The minimum absolute atomic E-state index is 0.00108. The molecule has 0 radical (unpaired) electrons. The Hall–Kier alpha value is -2.00. The lowest BCUT2D eigenvalue weighted by Gasteiger charge is -2.09. The van der Waals surface area contributed by atoms with Crippen LogP contribution in [0.15, 0.2) is 29.6 Å². The van der Waals surface area contributed by atoms with E-state index in [1.54, 1.807) is 5.38 Å². The Kier molecular flexibility index (Phi) is 5.10. The SMILES string of the molecule is NC(=O)Cc1csc(NC(=O)C2CC(c3cccc(Cl)c3)NN2)n1. The van der Waals surface area contributed by atoms with Gasteiger partial charge in [-0.25, -0.2) is 15.8 Å². The first-order valence-electron chi connectivity index (χ1n) is 7.31. The number of hydrazine groups is 1. The number of carbonyl (C=O) groups excluding carboxylic acids is 2. The van der Waals surface area contributed by atoms with Crippen LogP contribution >= 0.6 is 22.9 Å². The Balaban J connectivity index is 1.58. The molecule has 2 heterocycles. The molecule has 5 N–H and O–H groups in total. The van der Waals surface area contributed by atoms with E-state index in [0.29, 0.717) is 22.3 Å². The molecule has 2 amide bonds. The smallest absolute Gasteiger partial charge is 0.244 e. The second-order valence-corrected chi connectivity index (χ2v) is 6.76. The van der Waals surface area contributed by atoms with Crippen LogP contribution in [0.4, 0.5) is 5.13 Å². The van der Waals surface area contributed by atoms with Gasteiger partial charge in [-0.3, -0.25) is 9.59 Å². The van der Waals surface area contributed by atoms with E-state index in [9.17, 15) is 9.59 Å². The van der Waals surface area contributed by atoms with Gasteiger partial charge in [0.1, 0.15) is 6.04 Å². The maximum atomic E-state index is 12.3. The Morgan fingerprint density at radius 1 is 1.42 bits per heavy atom. The quantitative estimate of drug-likeness (QED) is 0.640. The second kappa shape index (κ2) is 7.27. The van der Waals surface area contributed by atoms with Crippen LogP contribution < -0.4 is 21.9 Å². The van der Waals surface area contributed by atoms with E-state index in [2.05, 4.69) is 21.2 Å². The molecule has 24 heavy (non-hydrogen) atoms. The van der Waals surface area contributed by atoms with Gasteiger partial charge in [0, 0.05) is 16.4 Å². The highest BCUT2D eigenvalue weighted by Crippen LogP contribution is 2.25. The molecule has 7 nitrogen and oxygen atoms in total. The van der Waals surface area contributed by atoms with E-state index in [0.717, 1.165) is 5.56 Å². The van der Waals surface area contributed by atoms with Gasteiger partial charge < -0.3 is 11.1 Å². The van der Waals surface area contributed by atoms with Gasteiger partial charge >= 0.3 is 0 Å². The van der Waals surface area contributed by atoms with Crippen LogP contribution in [-0.4, -0.2) is 22.8 Å². The lowest BCUT2D eigenvalue weighted by molar-refractivity contribution is -0.118. The van der Waals surface area contributed by atoms with Crippen molar-refractivity contribution in [2.75, 3.05) is 5.32 Å². The van der Waals surface area contributed by atoms with Crippen molar-refractivity contribution in [2.45, 2.75) is 24.9 Å². The van der Waals surface area contributed by atoms with Crippen molar-refractivity contribution in [3.63, 3.8) is 0 Å². The summed E-state index contributed by atoms with van der Waals surface area (Å²) in [6, 6.07) is 7.13. The molecule has 2 atom stereocenters. The summed E-state index contributed by atoms with van der Waals surface area (Å²) < 4.78 is 0.